The highest BCUT2D eigenvalue weighted by Gasteiger charge is 2.06. The predicted octanol–water partition coefficient (Wildman–Crippen LogP) is 4.45. The molecule has 0 fully saturated rings. The van der Waals surface area contributed by atoms with E-state index in [0.29, 0.717) is 17.9 Å². The number of aryl methyl sites for hydroxylation is 2. The molecule has 150 valence electrons. The van der Waals surface area contributed by atoms with Crippen molar-refractivity contribution in [3.8, 4) is 11.8 Å². The van der Waals surface area contributed by atoms with Crippen LogP contribution in [0, 0.1) is 25.2 Å². The van der Waals surface area contributed by atoms with E-state index in [2.05, 4.69) is 22.7 Å². The number of nitrogens with one attached hydrogen (secondary N) is 1. The highest BCUT2D eigenvalue weighted by molar-refractivity contribution is 5.85. The third-order valence-electron chi connectivity index (χ3n) is 4.64. The molecule has 0 aliphatic heterocycles. The Morgan fingerprint density at radius 1 is 1.10 bits per heavy atom. The lowest BCUT2D eigenvalue weighted by molar-refractivity contribution is -0.120. The van der Waals surface area contributed by atoms with Crippen molar-refractivity contribution in [3.05, 3.63) is 100 Å². The van der Waals surface area contributed by atoms with Gasteiger partial charge in [0.05, 0.1) is 24.3 Å². The minimum Gasteiger partial charge on any atom is -0.488 e. The van der Waals surface area contributed by atoms with Gasteiger partial charge in [0, 0.05) is 5.56 Å². The van der Waals surface area contributed by atoms with Crippen LogP contribution in [0.3, 0.4) is 0 Å². The number of nitriles is 1. The number of carbonyl (C=O) groups excluding carboxylic acids is 1. The van der Waals surface area contributed by atoms with Gasteiger partial charge in [-0.05, 0) is 54.8 Å². The van der Waals surface area contributed by atoms with E-state index in [1.54, 1.807) is 18.3 Å². The van der Waals surface area contributed by atoms with Crippen LogP contribution in [0.5, 0.6) is 5.75 Å². The molecule has 0 unspecified atom stereocenters. The van der Waals surface area contributed by atoms with Crippen LogP contribution in [0.2, 0.25) is 0 Å². The number of ether oxygens (including phenoxy) is 1. The van der Waals surface area contributed by atoms with Gasteiger partial charge in [-0.1, -0.05) is 48.0 Å². The molecule has 0 spiro atoms. The molecule has 3 aromatic carbocycles. The van der Waals surface area contributed by atoms with Crippen LogP contribution in [0.4, 0.5) is 0 Å². The Morgan fingerprint density at radius 2 is 1.87 bits per heavy atom. The van der Waals surface area contributed by atoms with Crippen molar-refractivity contribution in [3.63, 3.8) is 0 Å². The van der Waals surface area contributed by atoms with Gasteiger partial charge in [0.15, 0.2) is 0 Å². The number of nitrogens with zero attached hydrogens (tertiary/aromatic N) is 2. The molecule has 0 radical (unpaired) electrons. The van der Waals surface area contributed by atoms with Crippen LogP contribution in [-0.4, -0.2) is 12.1 Å². The van der Waals surface area contributed by atoms with E-state index in [-0.39, 0.29) is 12.3 Å². The van der Waals surface area contributed by atoms with Gasteiger partial charge in [-0.15, -0.1) is 0 Å². The molecule has 0 aliphatic carbocycles. The number of benzene rings is 3. The Bertz CT molecular complexity index is 1100. The van der Waals surface area contributed by atoms with Crippen LogP contribution >= 0.6 is 0 Å². The smallest absolute Gasteiger partial charge is 0.244 e. The molecule has 0 saturated heterocycles. The Morgan fingerprint density at radius 3 is 2.60 bits per heavy atom. The van der Waals surface area contributed by atoms with Gasteiger partial charge in [-0.3, -0.25) is 4.79 Å². The summed E-state index contributed by atoms with van der Waals surface area (Å²) in [6.45, 7) is 4.40. The summed E-state index contributed by atoms with van der Waals surface area (Å²) in [6.07, 6.45) is 1.86. The molecule has 0 aromatic heterocycles. The van der Waals surface area contributed by atoms with E-state index in [0.717, 1.165) is 22.3 Å². The fourth-order valence-corrected chi connectivity index (χ4v) is 2.99. The van der Waals surface area contributed by atoms with Crippen molar-refractivity contribution >= 4 is 12.1 Å². The van der Waals surface area contributed by atoms with Gasteiger partial charge in [0.1, 0.15) is 12.4 Å². The van der Waals surface area contributed by atoms with Gasteiger partial charge >= 0.3 is 0 Å². The van der Waals surface area contributed by atoms with E-state index in [1.807, 2.05) is 62.4 Å². The lowest BCUT2D eigenvalue weighted by Crippen LogP contribution is -2.20. The van der Waals surface area contributed by atoms with E-state index in [4.69, 9.17) is 10.00 Å². The molecule has 0 heterocycles. The summed E-state index contributed by atoms with van der Waals surface area (Å²) in [4.78, 5) is 12.2. The predicted molar refractivity (Wildman–Crippen MR) is 117 cm³/mol. The zero-order valence-corrected chi connectivity index (χ0v) is 17.1. The molecular weight excluding hydrogens is 374 g/mol. The van der Waals surface area contributed by atoms with Gasteiger partial charge in [0.2, 0.25) is 5.91 Å². The van der Waals surface area contributed by atoms with Crippen LogP contribution in [0.1, 0.15) is 33.4 Å². The Hall–Kier alpha value is -3.91. The van der Waals surface area contributed by atoms with Gasteiger partial charge < -0.3 is 4.74 Å². The maximum atomic E-state index is 12.2. The second-order valence-corrected chi connectivity index (χ2v) is 7.04. The minimum absolute atomic E-state index is 0.172. The highest BCUT2D eigenvalue weighted by Crippen LogP contribution is 2.18. The SMILES string of the molecule is Cc1ccc(CC(=O)N/N=C/c2ccccc2OCc2ccc(C#N)cc2)c(C)c1. The molecule has 1 N–H and O–H groups in total. The van der Waals surface area contributed by atoms with E-state index in [1.165, 1.54) is 5.56 Å². The van der Waals surface area contributed by atoms with Crippen molar-refractivity contribution < 1.29 is 9.53 Å². The van der Waals surface area contributed by atoms with E-state index in [9.17, 15) is 4.79 Å². The zero-order chi connectivity index (χ0) is 21.3. The number of hydrazone groups is 1. The van der Waals surface area contributed by atoms with Crippen molar-refractivity contribution in [2.24, 2.45) is 5.10 Å². The van der Waals surface area contributed by atoms with Crippen LogP contribution in [-0.2, 0) is 17.8 Å². The minimum atomic E-state index is -0.172. The molecule has 0 bridgehead atoms. The highest BCUT2D eigenvalue weighted by atomic mass is 16.5. The summed E-state index contributed by atoms with van der Waals surface area (Å²) in [5.74, 6) is 0.489. The maximum absolute atomic E-state index is 12.2. The zero-order valence-electron chi connectivity index (χ0n) is 17.1. The molecule has 3 rings (SSSR count). The normalized spacial score (nSPS) is 10.6. The first-order chi connectivity index (χ1) is 14.5. The van der Waals surface area contributed by atoms with Crippen LogP contribution in [0.25, 0.3) is 0 Å². The standard InChI is InChI=1S/C25H23N3O2/c1-18-7-12-22(19(2)13-18)14-25(29)28-27-16-23-5-3-4-6-24(23)30-17-21-10-8-20(15-26)9-11-21/h3-13,16H,14,17H2,1-2H3,(H,28,29)/b27-16+. The molecule has 0 aliphatic rings. The average Bonchev–Trinajstić information content (AvgIpc) is 2.75. The fraction of sp³-hybridized carbons (Fsp3) is 0.160. The van der Waals surface area contributed by atoms with Gasteiger partial charge in [-0.25, -0.2) is 5.43 Å². The van der Waals surface area contributed by atoms with Crippen molar-refractivity contribution in [2.75, 3.05) is 0 Å². The Balaban J connectivity index is 1.58. The molecule has 5 nitrogen and oxygen atoms in total. The second-order valence-electron chi connectivity index (χ2n) is 7.04. The van der Waals surface area contributed by atoms with Gasteiger partial charge in [0.25, 0.3) is 0 Å². The molecule has 0 atom stereocenters. The summed E-state index contributed by atoms with van der Waals surface area (Å²) in [5, 5.41) is 13.0. The third-order valence-corrected chi connectivity index (χ3v) is 4.64. The topological polar surface area (TPSA) is 74.5 Å². The first kappa shape index (κ1) is 20.8. The van der Waals surface area contributed by atoms with Crippen LogP contribution in [0.15, 0.2) is 71.8 Å². The number of rotatable bonds is 7. The lowest BCUT2D eigenvalue weighted by atomic mass is 10.0. The number of para-hydroxylation sites is 1. The molecule has 3 aromatic rings. The Kier molecular flexibility index (Phi) is 6.96. The number of hydrogen-bond acceptors (Lipinski definition) is 4. The first-order valence-corrected chi connectivity index (χ1v) is 9.64. The third kappa shape index (κ3) is 5.79. The molecule has 0 saturated carbocycles. The fourth-order valence-electron chi connectivity index (χ4n) is 2.99. The molecule has 1 amide bonds. The summed E-state index contributed by atoms with van der Waals surface area (Å²) in [5.41, 5.74) is 8.17. The summed E-state index contributed by atoms with van der Waals surface area (Å²) in [7, 11) is 0. The molecule has 30 heavy (non-hydrogen) atoms. The molecular formula is C25H23N3O2. The van der Waals surface area contributed by atoms with Gasteiger partial charge in [-0.2, -0.15) is 10.4 Å². The Labute approximate surface area is 176 Å². The summed E-state index contributed by atoms with van der Waals surface area (Å²) >= 11 is 0. The quantitative estimate of drug-likeness (QED) is 0.473. The number of hydrogen-bond donors (Lipinski definition) is 1. The number of amides is 1. The largest absolute Gasteiger partial charge is 0.488 e. The van der Waals surface area contributed by atoms with Crippen molar-refractivity contribution in [1.29, 1.82) is 5.26 Å². The summed E-state index contributed by atoms with van der Waals surface area (Å²) in [6, 6.07) is 22.9. The summed E-state index contributed by atoms with van der Waals surface area (Å²) < 4.78 is 5.89. The monoisotopic (exact) mass is 397 g/mol. The van der Waals surface area contributed by atoms with E-state index < -0.39 is 0 Å². The van der Waals surface area contributed by atoms with Crippen LogP contribution < -0.4 is 10.2 Å². The van der Waals surface area contributed by atoms with E-state index >= 15 is 0 Å². The number of carbonyl (C=O) groups is 1. The average molecular weight is 397 g/mol. The first-order valence-electron chi connectivity index (χ1n) is 9.64. The lowest BCUT2D eigenvalue weighted by Gasteiger charge is -2.09. The van der Waals surface area contributed by atoms with Crippen molar-refractivity contribution in [1.82, 2.24) is 5.43 Å². The maximum Gasteiger partial charge on any atom is 0.244 e. The molecule has 5 heteroatoms. The van der Waals surface area contributed by atoms with Crippen molar-refractivity contribution in [2.45, 2.75) is 26.9 Å². The second kappa shape index (κ2) is 10.0.